The average molecular weight is 276 g/mol. The summed E-state index contributed by atoms with van der Waals surface area (Å²) in [5.41, 5.74) is 7.13. The minimum atomic E-state index is -0.156. The number of aromatic nitrogens is 2. The van der Waals surface area contributed by atoms with E-state index in [1.165, 1.54) is 6.08 Å². The van der Waals surface area contributed by atoms with Gasteiger partial charge in [-0.1, -0.05) is 13.8 Å². The Hall–Kier alpha value is -1.91. The number of ketones is 1. The van der Waals surface area contributed by atoms with Crippen LogP contribution in [0.5, 0.6) is 0 Å². The molecule has 0 aliphatic heterocycles. The van der Waals surface area contributed by atoms with E-state index in [1.54, 1.807) is 13.1 Å². The zero-order valence-corrected chi connectivity index (χ0v) is 13.1. The van der Waals surface area contributed by atoms with Crippen molar-refractivity contribution >= 4 is 11.7 Å². The van der Waals surface area contributed by atoms with Crippen molar-refractivity contribution in [2.45, 2.75) is 53.0 Å². The normalized spacial score (nSPS) is 12.7. The Labute approximate surface area is 120 Å². The molecule has 0 bridgehead atoms. The highest BCUT2D eigenvalue weighted by molar-refractivity contribution is 6.05. The molecule has 0 aromatic carbocycles. The summed E-state index contributed by atoms with van der Waals surface area (Å²) in [5.74, 6) is 0.506. The number of rotatable bonds is 4. The summed E-state index contributed by atoms with van der Waals surface area (Å²) < 4.78 is 0. The van der Waals surface area contributed by atoms with Crippen LogP contribution in [0.4, 0.5) is 5.95 Å². The van der Waals surface area contributed by atoms with Crippen LogP contribution in [0.3, 0.4) is 0 Å². The Morgan fingerprint density at radius 2 is 2.00 bits per heavy atom. The van der Waals surface area contributed by atoms with E-state index in [4.69, 9.17) is 5.73 Å². The van der Waals surface area contributed by atoms with Crippen LogP contribution < -0.4 is 11.1 Å². The fourth-order valence-corrected chi connectivity index (χ4v) is 1.71. The number of carbonyl (C=O) groups excluding carboxylic acids is 1. The number of nitrogens with zero attached hydrogens (tertiary/aromatic N) is 2. The van der Waals surface area contributed by atoms with Crippen molar-refractivity contribution in [3.8, 4) is 0 Å². The lowest BCUT2D eigenvalue weighted by Crippen LogP contribution is -2.28. The maximum absolute atomic E-state index is 12.1. The molecule has 1 heterocycles. The number of allylic oxidation sites excluding steroid dienone is 2. The summed E-state index contributed by atoms with van der Waals surface area (Å²) >= 11 is 0. The molecule has 0 saturated carbocycles. The van der Waals surface area contributed by atoms with Gasteiger partial charge in [0.05, 0.1) is 11.3 Å². The fraction of sp³-hybridized carbons (Fsp3) is 0.533. The van der Waals surface area contributed by atoms with Crippen LogP contribution in [0.15, 0.2) is 18.0 Å². The molecule has 0 radical (unpaired) electrons. The van der Waals surface area contributed by atoms with E-state index < -0.39 is 0 Å². The van der Waals surface area contributed by atoms with E-state index in [0.29, 0.717) is 17.2 Å². The highest BCUT2D eigenvalue weighted by Crippen LogP contribution is 2.20. The molecule has 1 rings (SSSR count). The second kappa shape index (κ2) is 6.03. The smallest absolute Gasteiger partial charge is 0.223 e. The maximum atomic E-state index is 12.1. The van der Waals surface area contributed by atoms with Crippen molar-refractivity contribution in [3.05, 3.63) is 29.2 Å². The molecule has 0 fully saturated rings. The van der Waals surface area contributed by atoms with E-state index >= 15 is 0 Å². The Bertz CT molecular complexity index is 523. The largest absolute Gasteiger partial charge is 0.402 e. The molecule has 0 spiro atoms. The number of anilines is 1. The van der Waals surface area contributed by atoms with E-state index in [2.05, 4.69) is 15.3 Å². The third-order valence-electron chi connectivity index (χ3n) is 2.48. The molecule has 110 valence electrons. The van der Waals surface area contributed by atoms with Crippen LogP contribution >= 0.6 is 0 Å². The zero-order valence-electron chi connectivity index (χ0n) is 13.1. The van der Waals surface area contributed by atoms with Crippen molar-refractivity contribution < 1.29 is 4.79 Å². The van der Waals surface area contributed by atoms with Gasteiger partial charge in [-0.15, -0.1) is 0 Å². The molecule has 0 aliphatic carbocycles. The van der Waals surface area contributed by atoms with E-state index in [9.17, 15) is 4.79 Å². The molecular weight excluding hydrogens is 252 g/mol. The molecular formula is C15H24N4O. The fourth-order valence-electron chi connectivity index (χ4n) is 1.71. The van der Waals surface area contributed by atoms with Gasteiger partial charge in [-0.3, -0.25) is 4.79 Å². The van der Waals surface area contributed by atoms with Crippen LogP contribution in [0.25, 0.3) is 0 Å². The SMILES string of the molecule is CC(N)=CC(=O)c1cnc(NC(C)(C)C)nc1C(C)C. The third kappa shape index (κ3) is 4.64. The molecule has 0 unspecified atom stereocenters. The second-order valence-electron chi connectivity index (χ2n) is 6.27. The monoisotopic (exact) mass is 276 g/mol. The van der Waals surface area contributed by atoms with Crippen molar-refractivity contribution in [2.75, 3.05) is 5.32 Å². The molecule has 5 nitrogen and oxygen atoms in total. The topological polar surface area (TPSA) is 80.9 Å². The average Bonchev–Trinajstić information content (AvgIpc) is 2.25. The van der Waals surface area contributed by atoms with Crippen LogP contribution in [-0.4, -0.2) is 21.3 Å². The first kappa shape index (κ1) is 16.1. The number of nitrogens with one attached hydrogen (secondary N) is 1. The zero-order chi connectivity index (χ0) is 15.5. The number of nitrogens with two attached hydrogens (primary N) is 1. The highest BCUT2D eigenvalue weighted by atomic mass is 16.1. The van der Waals surface area contributed by atoms with Gasteiger partial charge in [0.25, 0.3) is 0 Å². The van der Waals surface area contributed by atoms with Gasteiger partial charge in [0.1, 0.15) is 0 Å². The summed E-state index contributed by atoms with van der Waals surface area (Å²) in [6.45, 7) is 11.8. The van der Waals surface area contributed by atoms with E-state index in [0.717, 1.165) is 5.69 Å². The van der Waals surface area contributed by atoms with Gasteiger partial charge in [0, 0.05) is 23.5 Å². The summed E-state index contributed by atoms with van der Waals surface area (Å²) in [7, 11) is 0. The minimum Gasteiger partial charge on any atom is -0.402 e. The molecule has 5 heteroatoms. The first-order valence-corrected chi connectivity index (χ1v) is 6.73. The minimum absolute atomic E-state index is 0.129. The first-order valence-electron chi connectivity index (χ1n) is 6.73. The van der Waals surface area contributed by atoms with Crippen LogP contribution in [0.2, 0.25) is 0 Å². The predicted molar refractivity (Wildman–Crippen MR) is 81.8 cm³/mol. The molecule has 3 N–H and O–H groups in total. The van der Waals surface area contributed by atoms with Crippen molar-refractivity contribution in [1.29, 1.82) is 0 Å². The summed E-state index contributed by atoms with van der Waals surface area (Å²) in [6.07, 6.45) is 2.97. The van der Waals surface area contributed by atoms with Gasteiger partial charge in [-0.25, -0.2) is 9.97 Å². The van der Waals surface area contributed by atoms with Crippen molar-refractivity contribution in [2.24, 2.45) is 5.73 Å². The van der Waals surface area contributed by atoms with Crippen molar-refractivity contribution in [1.82, 2.24) is 9.97 Å². The summed E-state index contributed by atoms with van der Waals surface area (Å²) in [5, 5.41) is 3.21. The molecule has 0 atom stereocenters. The Morgan fingerprint density at radius 1 is 1.40 bits per heavy atom. The lowest BCUT2D eigenvalue weighted by Gasteiger charge is -2.21. The molecule has 1 aromatic heterocycles. The predicted octanol–water partition coefficient (Wildman–Crippen LogP) is 2.86. The summed E-state index contributed by atoms with van der Waals surface area (Å²) in [4.78, 5) is 20.8. The Kier molecular flexibility index (Phi) is 4.87. The molecule has 20 heavy (non-hydrogen) atoms. The molecule has 0 amide bonds. The summed E-state index contributed by atoms with van der Waals surface area (Å²) in [6, 6.07) is 0. The van der Waals surface area contributed by atoms with Crippen LogP contribution in [0.1, 0.15) is 63.5 Å². The third-order valence-corrected chi connectivity index (χ3v) is 2.48. The Morgan fingerprint density at radius 3 is 2.45 bits per heavy atom. The molecule has 0 aliphatic rings. The molecule has 0 saturated heterocycles. The number of hydrogen-bond acceptors (Lipinski definition) is 5. The van der Waals surface area contributed by atoms with E-state index in [-0.39, 0.29) is 17.2 Å². The lowest BCUT2D eigenvalue weighted by molar-refractivity contribution is 0.104. The van der Waals surface area contributed by atoms with Crippen molar-refractivity contribution in [3.63, 3.8) is 0 Å². The quantitative estimate of drug-likeness (QED) is 0.653. The van der Waals surface area contributed by atoms with Gasteiger partial charge in [0.2, 0.25) is 5.95 Å². The van der Waals surface area contributed by atoms with E-state index in [1.807, 2.05) is 34.6 Å². The van der Waals surface area contributed by atoms with Gasteiger partial charge < -0.3 is 11.1 Å². The van der Waals surface area contributed by atoms with Crippen LogP contribution in [-0.2, 0) is 0 Å². The van der Waals surface area contributed by atoms with Gasteiger partial charge in [-0.2, -0.15) is 0 Å². The highest BCUT2D eigenvalue weighted by Gasteiger charge is 2.18. The van der Waals surface area contributed by atoms with Gasteiger partial charge in [0.15, 0.2) is 5.78 Å². The van der Waals surface area contributed by atoms with Gasteiger partial charge >= 0.3 is 0 Å². The molecule has 1 aromatic rings. The van der Waals surface area contributed by atoms with Crippen LogP contribution in [0, 0.1) is 0 Å². The standard InChI is InChI=1S/C15H24N4O/c1-9(2)13-11(12(20)7-10(3)16)8-17-14(18-13)19-15(4,5)6/h7-9H,16H2,1-6H3,(H,17,18,19). The lowest BCUT2D eigenvalue weighted by atomic mass is 10.0. The van der Waals surface area contributed by atoms with Gasteiger partial charge in [-0.05, 0) is 33.6 Å². The number of carbonyl (C=O) groups is 1. The second-order valence-corrected chi connectivity index (χ2v) is 6.27. The maximum Gasteiger partial charge on any atom is 0.223 e. The Balaban J connectivity index is 3.21. The number of hydrogen-bond donors (Lipinski definition) is 2. The first-order chi connectivity index (χ1) is 9.10.